The van der Waals surface area contributed by atoms with Gasteiger partial charge in [0.15, 0.2) is 11.0 Å². The van der Waals surface area contributed by atoms with Gasteiger partial charge in [-0.1, -0.05) is 42.1 Å². The van der Waals surface area contributed by atoms with Crippen LogP contribution in [0.25, 0.3) is 0 Å². The lowest BCUT2D eigenvalue weighted by Gasteiger charge is -2.11. The summed E-state index contributed by atoms with van der Waals surface area (Å²) in [5.74, 6) is -1.47. The molecule has 1 rings (SSSR count). The molecule has 0 saturated heterocycles. The van der Waals surface area contributed by atoms with E-state index in [1.807, 2.05) is 6.07 Å². The molecule has 1 aromatic rings. The van der Waals surface area contributed by atoms with E-state index < -0.39 is 5.92 Å². The van der Waals surface area contributed by atoms with Crippen molar-refractivity contribution in [3.8, 4) is 0 Å². The minimum Gasteiger partial charge on any atom is -0.377 e. The largest absolute Gasteiger partial charge is 0.377 e. The Morgan fingerprint density at radius 1 is 1.15 bits per heavy atom. The van der Waals surface area contributed by atoms with Crippen LogP contribution < -0.4 is 5.73 Å². The smallest absolute Gasteiger partial charge is 0.180 e. The normalized spacial score (nSPS) is 13.9. The minimum atomic E-state index is -0.921. The Kier molecular flexibility index (Phi) is 6.11. The van der Waals surface area contributed by atoms with E-state index in [1.54, 1.807) is 37.4 Å². The van der Waals surface area contributed by atoms with Gasteiger partial charge in [-0.2, -0.15) is 5.10 Å². The summed E-state index contributed by atoms with van der Waals surface area (Å²) in [6.07, 6.45) is 1.77. The summed E-state index contributed by atoms with van der Waals surface area (Å²) in [4.78, 5) is 24.1. The highest BCUT2D eigenvalue weighted by atomic mass is 32.2. The van der Waals surface area contributed by atoms with E-state index >= 15 is 0 Å². The molecule has 0 aliphatic heterocycles. The van der Waals surface area contributed by atoms with E-state index in [0.29, 0.717) is 11.3 Å². The molecule has 0 aliphatic carbocycles. The maximum atomic E-state index is 12.4. The monoisotopic (exact) mass is 291 g/mol. The highest BCUT2D eigenvalue weighted by Crippen LogP contribution is 2.13. The first kappa shape index (κ1) is 16.1. The maximum Gasteiger partial charge on any atom is 0.180 e. The van der Waals surface area contributed by atoms with Gasteiger partial charge in [-0.15, -0.1) is 5.10 Å². The summed E-state index contributed by atoms with van der Waals surface area (Å²) in [5, 5.41) is 7.92. The fourth-order valence-electron chi connectivity index (χ4n) is 1.66. The zero-order valence-corrected chi connectivity index (χ0v) is 12.5. The van der Waals surface area contributed by atoms with Gasteiger partial charge >= 0.3 is 0 Å². The Bertz CT molecular complexity index is 553. The number of nitrogens with zero attached hydrogens (tertiary/aromatic N) is 2. The van der Waals surface area contributed by atoms with Crippen LogP contribution >= 0.6 is 11.8 Å². The van der Waals surface area contributed by atoms with Gasteiger partial charge in [0.05, 0.1) is 5.71 Å². The Morgan fingerprint density at radius 3 is 2.25 bits per heavy atom. The molecule has 0 heterocycles. The zero-order chi connectivity index (χ0) is 15.1. The van der Waals surface area contributed by atoms with Crippen LogP contribution in [0.1, 0.15) is 24.2 Å². The average molecular weight is 291 g/mol. The topological polar surface area (TPSA) is 84.9 Å². The van der Waals surface area contributed by atoms with Crippen LogP contribution in [0.4, 0.5) is 0 Å². The predicted octanol–water partition coefficient (Wildman–Crippen LogP) is 2.13. The Hall–Kier alpha value is -1.95. The Balaban J connectivity index is 3.07. The fourth-order valence-corrected chi connectivity index (χ4v) is 1.79. The van der Waals surface area contributed by atoms with Gasteiger partial charge in [-0.25, -0.2) is 0 Å². The first-order valence-electron chi connectivity index (χ1n) is 5.98. The molecule has 1 atom stereocenters. The number of thioether (sulfide) groups is 1. The van der Waals surface area contributed by atoms with Crippen molar-refractivity contribution in [1.82, 2.24) is 0 Å². The summed E-state index contributed by atoms with van der Waals surface area (Å²) < 4.78 is 0. The second kappa shape index (κ2) is 7.59. The van der Waals surface area contributed by atoms with E-state index in [0.717, 1.165) is 0 Å². The number of Topliss-reactive ketones (excluding diaryl/α,β-unsaturated/α-hetero) is 2. The van der Waals surface area contributed by atoms with Crippen molar-refractivity contribution in [3.63, 3.8) is 0 Å². The van der Waals surface area contributed by atoms with E-state index in [2.05, 4.69) is 10.2 Å². The van der Waals surface area contributed by atoms with Gasteiger partial charge in [0.25, 0.3) is 0 Å². The number of hydrogen-bond donors (Lipinski definition) is 1. The molecule has 106 valence electrons. The molecule has 1 aromatic carbocycles. The average Bonchev–Trinajstić information content (AvgIpc) is 2.45. The first-order chi connectivity index (χ1) is 9.47. The second-order valence-electron chi connectivity index (χ2n) is 4.16. The van der Waals surface area contributed by atoms with Crippen molar-refractivity contribution in [1.29, 1.82) is 0 Å². The highest BCUT2D eigenvalue weighted by molar-refractivity contribution is 8.13. The van der Waals surface area contributed by atoms with Crippen molar-refractivity contribution in [2.24, 2.45) is 21.9 Å². The zero-order valence-electron chi connectivity index (χ0n) is 11.7. The molecule has 5 nitrogen and oxygen atoms in total. The lowest BCUT2D eigenvalue weighted by molar-refractivity contribution is -0.117. The van der Waals surface area contributed by atoms with Crippen LogP contribution in [-0.2, 0) is 4.79 Å². The number of carbonyl (C=O) groups is 2. The van der Waals surface area contributed by atoms with E-state index in [9.17, 15) is 9.59 Å². The van der Waals surface area contributed by atoms with Gasteiger partial charge in [0.1, 0.15) is 11.7 Å². The van der Waals surface area contributed by atoms with Crippen molar-refractivity contribution in [2.75, 3.05) is 6.26 Å². The molecule has 0 fully saturated rings. The third-order valence-corrected chi connectivity index (χ3v) is 3.16. The molecule has 0 saturated carbocycles. The summed E-state index contributed by atoms with van der Waals surface area (Å²) >= 11 is 1.24. The van der Waals surface area contributed by atoms with Gasteiger partial charge in [0, 0.05) is 5.56 Å². The molecular weight excluding hydrogens is 274 g/mol. The third kappa shape index (κ3) is 4.31. The number of benzene rings is 1. The quantitative estimate of drug-likeness (QED) is 0.296. The Morgan fingerprint density at radius 2 is 1.75 bits per heavy atom. The lowest BCUT2D eigenvalue weighted by atomic mass is 9.91. The van der Waals surface area contributed by atoms with Gasteiger partial charge in [0.2, 0.25) is 0 Å². The van der Waals surface area contributed by atoms with E-state index in [4.69, 9.17) is 5.73 Å². The number of hydrogen-bond acceptors (Lipinski definition) is 5. The molecule has 20 heavy (non-hydrogen) atoms. The molecule has 1 unspecified atom stereocenters. The Labute approximate surface area is 122 Å². The van der Waals surface area contributed by atoms with Crippen LogP contribution in [0.2, 0.25) is 0 Å². The fraction of sp³-hybridized carbons (Fsp3) is 0.286. The highest BCUT2D eigenvalue weighted by Gasteiger charge is 2.27. The SMILES string of the molecule is CS/C(N)=N\N=C(C)C(C(C)=O)C(=O)c1ccccc1. The molecule has 0 aliphatic rings. The lowest BCUT2D eigenvalue weighted by Crippen LogP contribution is -2.29. The number of ketones is 2. The minimum absolute atomic E-state index is 0.266. The van der Waals surface area contributed by atoms with Crippen LogP contribution in [0.5, 0.6) is 0 Å². The molecule has 0 amide bonds. The van der Waals surface area contributed by atoms with E-state index in [-0.39, 0.29) is 16.7 Å². The predicted molar refractivity (Wildman–Crippen MR) is 83.2 cm³/mol. The molecule has 2 N–H and O–H groups in total. The molecular formula is C14H17N3O2S. The van der Waals surface area contributed by atoms with Crippen LogP contribution in [0.3, 0.4) is 0 Å². The standard InChI is InChI=1S/C14H17N3O2S/c1-9(16-17-14(15)20-3)12(10(2)18)13(19)11-7-5-4-6-8-11/h4-8,12H,1-3H3,(H2,15,17). The maximum absolute atomic E-state index is 12.4. The first-order valence-corrected chi connectivity index (χ1v) is 7.21. The number of carbonyl (C=O) groups excluding carboxylic acids is 2. The summed E-state index contributed by atoms with van der Waals surface area (Å²) in [5.41, 5.74) is 6.33. The number of rotatable bonds is 5. The van der Waals surface area contributed by atoms with Crippen LogP contribution in [-0.4, -0.2) is 28.7 Å². The van der Waals surface area contributed by atoms with Crippen molar-refractivity contribution in [2.45, 2.75) is 13.8 Å². The van der Waals surface area contributed by atoms with E-state index in [1.165, 1.54) is 18.7 Å². The van der Waals surface area contributed by atoms with Crippen molar-refractivity contribution in [3.05, 3.63) is 35.9 Å². The van der Waals surface area contributed by atoms with Gasteiger partial charge < -0.3 is 5.73 Å². The molecule has 6 heteroatoms. The summed E-state index contributed by atoms with van der Waals surface area (Å²) in [6, 6.07) is 8.65. The molecule has 0 aromatic heterocycles. The van der Waals surface area contributed by atoms with Crippen LogP contribution in [0.15, 0.2) is 40.5 Å². The number of amidine groups is 1. The molecule has 0 bridgehead atoms. The van der Waals surface area contributed by atoms with Crippen molar-refractivity contribution < 1.29 is 9.59 Å². The molecule has 0 spiro atoms. The van der Waals surface area contributed by atoms with Crippen molar-refractivity contribution >= 4 is 34.2 Å². The summed E-state index contributed by atoms with van der Waals surface area (Å²) in [6.45, 7) is 2.97. The van der Waals surface area contributed by atoms with Gasteiger partial charge in [-0.05, 0) is 20.1 Å². The summed E-state index contributed by atoms with van der Waals surface area (Å²) in [7, 11) is 0. The van der Waals surface area contributed by atoms with Gasteiger partial charge in [-0.3, -0.25) is 9.59 Å². The number of nitrogens with two attached hydrogens (primary N) is 1. The van der Waals surface area contributed by atoms with Crippen LogP contribution in [0, 0.1) is 5.92 Å². The third-order valence-electron chi connectivity index (χ3n) is 2.66. The second-order valence-corrected chi connectivity index (χ2v) is 4.98. The molecule has 0 radical (unpaired) electrons.